The number of halogens is 1. The molecular formula is C18H23ClN2O2. The standard InChI is InChI=1S/C18H22N2O2.ClH/c1-22-17-9-8-13-5-2-3-7-15(13)16(17)12-20-18(21)11-14-6-4-10-19-14;/h2-3,5,7-9,14,19H,4,6,10-12H2,1H3,(H,20,21);1H. The number of hydrogen-bond acceptors (Lipinski definition) is 3. The zero-order chi connectivity index (χ0) is 15.4. The van der Waals surface area contributed by atoms with Crippen LogP contribution >= 0.6 is 12.4 Å². The van der Waals surface area contributed by atoms with E-state index in [0.29, 0.717) is 19.0 Å². The molecule has 3 rings (SSSR count). The second-order valence-electron chi connectivity index (χ2n) is 5.74. The summed E-state index contributed by atoms with van der Waals surface area (Å²) in [5.74, 6) is 0.910. The minimum absolute atomic E-state index is 0. The fourth-order valence-corrected chi connectivity index (χ4v) is 3.10. The molecule has 1 amide bonds. The maximum atomic E-state index is 12.1. The molecule has 4 nitrogen and oxygen atoms in total. The maximum absolute atomic E-state index is 12.1. The number of hydrogen-bond donors (Lipinski definition) is 2. The first-order valence-electron chi connectivity index (χ1n) is 7.82. The molecule has 124 valence electrons. The molecule has 1 aliphatic rings. The van der Waals surface area contributed by atoms with E-state index in [1.165, 1.54) is 0 Å². The highest BCUT2D eigenvalue weighted by Gasteiger charge is 2.18. The van der Waals surface area contributed by atoms with Crippen molar-refractivity contribution in [2.75, 3.05) is 13.7 Å². The van der Waals surface area contributed by atoms with Crippen molar-refractivity contribution in [3.8, 4) is 5.75 Å². The molecule has 23 heavy (non-hydrogen) atoms. The van der Waals surface area contributed by atoms with Crippen LogP contribution in [0.25, 0.3) is 10.8 Å². The molecule has 2 aromatic rings. The van der Waals surface area contributed by atoms with Gasteiger partial charge in [-0.3, -0.25) is 4.79 Å². The minimum Gasteiger partial charge on any atom is -0.496 e. The first-order chi connectivity index (χ1) is 10.8. The Morgan fingerprint density at radius 2 is 2.13 bits per heavy atom. The van der Waals surface area contributed by atoms with Gasteiger partial charge in [0.05, 0.1) is 7.11 Å². The van der Waals surface area contributed by atoms with Gasteiger partial charge >= 0.3 is 0 Å². The van der Waals surface area contributed by atoms with E-state index in [2.05, 4.69) is 22.8 Å². The lowest BCUT2D eigenvalue weighted by atomic mass is 10.0. The molecule has 0 radical (unpaired) electrons. The fraction of sp³-hybridized carbons (Fsp3) is 0.389. The second kappa shape index (κ2) is 8.18. The van der Waals surface area contributed by atoms with E-state index in [1.807, 2.05) is 24.3 Å². The van der Waals surface area contributed by atoms with Crippen molar-refractivity contribution in [3.63, 3.8) is 0 Å². The van der Waals surface area contributed by atoms with Crippen molar-refractivity contribution in [1.82, 2.24) is 10.6 Å². The van der Waals surface area contributed by atoms with E-state index in [9.17, 15) is 4.79 Å². The highest BCUT2D eigenvalue weighted by Crippen LogP contribution is 2.27. The van der Waals surface area contributed by atoms with E-state index in [0.717, 1.165) is 41.5 Å². The van der Waals surface area contributed by atoms with Crippen LogP contribution in [0.1, 0.15) is 24.8 Å². The van der Waals surface area contributed by atoms with Crippen molar-refractivity contribution in [2.45, 2.75) is 31.8 Å². The van der Waals surface area contributed by atoms with Gasteiger partial charge in [-0.15, -0.1) is 12.4 Å². The number of carbonyl (C=O) groups excluding carboxylic acids is 1. The highest BCUT2D eigenvalue weighted by atomic mass is 35.5. The van der Waals surface area contributed by atoms with Crippen molar-refractivity contribution in [2.24, 2.45) is 0 Å². The molecule has 0 aromatic heterocycles. The van der Waals surface area contributed by atoms with Crippen LogP contribution in [0.15, 0.2) is 36.4 Å². The minimum atomic E-state index is 0. The van der Waals surface area contributed by atoms with Gasteiger partial charge in [-0.2, -0.15) is 0 Å². The largest absolute Gasteiger partial charge is 0.496 e. The second-order valence-corrected chi connectivity index (χ2v) is 5.74. The van der Waals surface area contributed by atoms with E-state index in [1.54, 1.807) is 7.11 Å². The first kappa shape index (κ1) is 17.6. The SMILES string of the molecule is COc1ccc2ccccc2c1CNC(=O)CC1CCCN1.Cl. The molecule has 1 fully saturated rings. The predicted octanol–water partition coefficient (Wildman–Crippen LogP) is 3.03. The molecule has 2 aromatic carbocycles. The molecule has 1 aliphatic heterocycles. The van der Waals surface area contributed by atoms with Crippen LogP contribution in [0.4, 0.5) is 0 Å². The van der Waals surface area contributed by atoms with Gasteiger partial charge in [-0.25, -0.2) is 0 Å². The summed E-state index contributed by atoms with van der Waals surface area (Å²) in [5.41, 5.74) is 1.04. The van der Waals surface area contributed by atoms with Crippen LogP contribution in [0, 0.1) is 0 Å². The Morgan fingerprint density at radius 1 is 1.30 bits per heavy atom. The van der Waals surface area contributed by atoms with Crippen LogP contribution in [0.5, 0.6) is 5.75 Å². The fourth-order valence-electron chi connectivity index (χ4n) is 3.10. The summed E-state index contributed by atoms with van der Waals surface area (Å²) >= 11 is 0. The number of rotatable bonds is 5. The van der Waals surface area contributed by atoms with E-state index < -0.39 is 0 Å². The lowest BCUT2D eigenvalue weighted by Crippen LogP contribution is -2.31. The van der Waals surface area contributed by atoms with Gasteiger partial charge in [0.2, 0.25) is 5.91 Å². The molecule has 1 heterocycles. The summed E-state index contributed by atoms with van der Waals surface area (Å²) in [4.78, 5) is 12.1. The predicted molar refractivity (Wildman–Crippen MR) is 95.2 cm³/mol. The number of ether oxygens (including phenoxy) is 1. The molecule has 0 saturated carbocycles. The number of amides is 1. The Hall–Kier alpha value is -1.78. The highest BCUT2D eigenvalue weighted by molar-refractivity contribution is 5.88. The van der Waals surface area contributed by atoms with Crippen LogP contribution in [0.2, 0.25) is 0 Å². The summed E-state index contributed by atoms with van der Waals surface area (Å²) in [6.07, 6.45) is 2.80. The molecule has 1 unspecified atom stereocenters. The third-order valence-electron chi connectivity index (χ3n) is 4.27. The first-order valence-corrected chi connectivity index (χ1v) is 7.82. The third-order valence-corrected chi connectivity index (χ3v) is 4.27. The molecule has 0 aliphatic carbocycles. The van der Waals surface area contributed by atoms with Gasteiger partial charge in [0.15, 0.2) is 0 Å². The Kier molecular flexibility index (Phi) is 6.25. The summed E-state index contributed by atoms with van der Waals surface area (Å²) in [6, 6.07) is 12.5. The van der Waals surface area contributed by atoms with Gasteiger partial charge in [-0.1, -0.05) is 30.3 Å². The lowest BCUT2D eigenvalue weighted by molar-refractivity contribution is -0.121. The molecule has 1 saturated heterocycles. The monoisotopic (exact) mass is 334 g/mol. The number of methoxy groups -OCH3 is 1. The number of nitrogens with one attached hydrogen (secondary N) is 2. The van der Waals surface area contributed by atoms with Crippen LogP contribution in [0.3, 0.4) is 0 Å². The Morgan fingerprint density at radius 3 is 2.87 bits per heavy atom. The summed E-state index contributed by atoms with van der Waals surface area (Å²) in [5, 5.41) is 8.67. The number of carbonyl (C=O) groups is 1. The van der Waals surface area contributed by atoms with Crippen molar-refractivity contribution in [1.29, 1.82) is 0 Å². The zero-order valence-electron chi connectivity index (χ0n) is 13.3. The van der Waals surface area contributed by atoms with Gasteiger partial charge in [-0.05, 0) is 36.2 Å². The van der Waals surface area contributed by atoms with Crippen molar-refractivity contribution < 1.29 is 9.53 Å². The summed E-state index contributed by atoms with van der Waals surface area (Å²) < 4.78 is 5.46. The van der Waals surface area contributed by atoms with Gasteiger partial charge in [0.25, 0.3) is 0 Å². The summed E-state index contributed by atoms with van der Waals surface area (Å²) in [6.45, 7) is 1.52. The topological polar surface area (TPSA) is 50.4 Å². The Labute approximate surface area is 143 Å². The zero-order valence-corrected chi connectivity index (χ0v) is 14.1. The average molecular weight is 335 g/mol. The Bertz CT molecular complexity index is 669. The molecule has 1 atom stereocenters. The van der Waals surface area contributed by atoms with E-state index >= 15 is 0 Å². The van der Waals surface area contributed by atoms with Crippen LogP contribution in [-0.2, 0) is 11.3 Å². The molecule has 5 heteroatoms. The maximum Gasteiger partial charge on any atom is 0.221 e. The number of benzene rings is 2. The smallest absolute Gasteiger partial charge is 0.221 e. The normalized spacial score (nSPS) is 16.8. The molecule has 0 bridgehead atoms. The van der Waals surface area contributed by atoms with Crippen molar-refractivity contribution in [3.05, 3.63) is 42.0 Å². The Balaban J connectivity index is 0.00000192. The summed E-state index contributed by atoms with van der Waals surface area (Å²) in [7, 11) is 1.66. The molecular weight excluding hydrogens is 312 g/mol. The van der Waals surface area contributed by atoms with Gasteiger partial charge in [0.1, 0.15) is 5.75 Å². The molecule has 0 spiro atoms. The van der Waals surface area contributed by atoms with Gasteiger partial charge < -0.3 is 15.4 Å². The van der Waals surface area contributed by atoms with Gasteiger partial charge in [0, 0.05) is 24.6 Å². The van der Waals surface area contributed by atoms with E-state index in [-0.39, 0.29) is 18.3 Å². The number of fused-ring (bicyclic) bond motifs is 1. The lowest BCUT2D eigenvalue weighted by Gasteiger charge is -2.14. The van der Waals surface area contributed by atoms with E-state index in [4.69, 9.17) is 4.74 Å². The quantitative estimate of drug-likeness (QED) is 0.883. The molecule has 2 N–H and O–H groups in total. The van der Waals surface area contributed by atoms with Crippen molar-refractivity contribution >= 4 is 29.1 Å². The third kappa shape index (κ3) is 4.15. The van der Waals surface area contributed by atoms with Crippen LogP contribution < -0.4 is 15.4 Å². The average Bonchev–Trinajstić information content (AvgIpc) is 3.05. The van der Waals surface area contributed by atoms with Crippen LogP contribution in [-0.4, -0.2) is 25.6 Å².